The van der Waals surface area contributed by atoms with E-state index in [1.165, 1.54) is 12.1 Å². The van der Waals surface area contributed by atoms with Crippen molar-refractivity contribution in [3.63, 3.8) is 0 Å². The first kappa shape index (κ1) is 9.53. The standard InChI is InChI=1S/C10H10FNO/c1-7(6-12-2)8-3-4-10(13)9(11)5-8/h3-5,7H,1-2H3/p+1. The molecule has 1 rings (SSSR count). The van der Waals surface area contributed by atoms with Crippen LogP contribution >= 0.6 is 0 Å². The number of hydrogen-bond donors (Lipinski definition) is 1. The molecule has 0 heterocycles. The van der Waals surface area contributed by atoms with Gasteiger partial charge in [-0.2, -0.15) is 0 Å². The molecule has 0 radical (unpaired) electrons. The van der Waals surface area contributed by atoms with Crippen LogP contribution in [0.25, 0.3) is 4.85 Å². The molecular weight excluding hydrogens is 169 g/mol. The minimum absolute atomic E-state index is 0.0555. The normalized spacial score (nSPS) is 11.6. The fourth-order valence-electron chi connectivity index (χ4n) is 1.06. The van der Waals surface area contributed by atoms with E-state index in [-0.39, 0.29) is 11.7 Å². The molecule has 0 bridgehead atoms. The van der Waals surface area contributed by atoms with Crippen LogP contribution in [-0.4, -0.2) is 12.2 Å². The maximum Gasteiger partial charge on any atom is 0.280 e. The predicted octanol–water partition coefficient (Wildman–Crippen LogP) is 2.60. The van der Waals surface area contributed by atoms with Crippen LogP contribution in [0.1, 0.15) is 18.4 Å². The SMILES string of the molecule is C[N+]#CC(C)c1ccc(O)c(F)c1. The first-order valence-corrected chi connectivity index (χ1v) is 3.98. The highest BCUT2D eigenvalue weighted by Gasteiger charge is 2.10. The van der Waals surface area contributed by atoms with Crippen molar-refractivity contribution in [3.05, 3.63) is 34.4 Å². The Morgan fingerprint density at radius 1 is 1.54 bits per heavy atom. The lowest BCUT2D eigenvalue weighted by atomic mass is 10.0. The quantitative estimate of drug-likeness (QED) is 0.705. The molecular formula is C10H11FNO+. The van der Waals surface area contributed by atoms with Gasteiger partial charge in [0.2, 0.25) is 0 Å². The molecule has 1 aromatic rings. The van der Waals surface area contributed by atoms with Crippen LogP contribution in [0, 0.1) is 11.9 Å². The molecule has 1 atom stereocenters. The molecule has 0 aliphatic heterocycles. The second-order valence-electron chi connectivity index (χ2n) is 2.79. The van der Waals surface area contributed by atoms with Crippen LogP contribution < -0.4 is 0 Å². The highest BCUT2D eigenvalue weighted by atomic mass is 19.1. The topological polar surface area (TPSA) is 24.6 Å². The fourth-order valence-corrected chi connectivity index (χ4v) is 1.06. The molecule has 0 saturated carbocycles. The lowest BCUT2D eigenvalue weighted by molar-refractivity contribution is 0.431. The number of nitrogens with zero attached hydrogens (tertiary/aromatic N) is 1. The summed E-state index contributed by atoms with van der Waals surface area (Å²) in [5, 5.41) is 8.94. The summed E-state index contributed by atoms with van der Waals surface area (Å²) in [6.07, 6.45) is 0. The van der Waals surface area contributed by atoms with E-state index >= 15 is 0 Å². The molecule has 0 aromatic heterocycles. The molecule has 0 fully saturated rings. The summed E-state index contributed by atoms with van der Waals surface area (Å²) >= 11 is 0. The third-order valence-corrected chi connectivity index (χ3v) is 1.79. The van der Waals surface area contributed by atoms with Gasteiger partial charge in [-0.3, -0.25) is 0 Å². The van der Waals surface area contributed by atoms with E-state index in [1.807, 2.05) is 6.92 Å². The molecule has 68 valence electrons. The highest BCUT2D eigenvalue weighted by molar-refractivity contribution is 5.32. The molecule has 0 amide bonds. The van der Waals surface area contributed by atoms with E-state index in [2.05, 4.69) is 10.9 Å². The van der Waals surface area contributed by atoms with Crippen molar-refractivity contribution in [1.29, 1.82) is 0 Å². The molecule has 0 spiro atoms. The number of phenols is 1. The Morgan fingerprint density at radius 2 is 2.23 bits per heavy atom. The van der Waals surface area contributed by atoms with Gasteiger partial charge in [-0.1, -0.05) is 10.9 Å². The monoisotopic (exact) mass is 180 g/mol. The largest absolute Gasteiger partial charge is 0.505 e. The van der Waals surface area contributed by atoms with Gasteiger partial charge < -0.3 is 5.11 Å². The van der Waals surface area contributed by atoms with E-state index in [0.717, 1.165) is 5.56 Å². The average Bonchev–Trinajstić information content (AvgIpc) is 2.10. The zero-order valence-electron chi connectivity index (χ0n) is 7.58. The summed E-state index contributed by atoms with van der Waals surface area (Å²) in [7, 11) is 1.62. The van der Waals surface area contributed by atoms with Crippen molar-refractivity contribution >= 4 is 0 Å². The van der Waals surface area contributed by atoms with E-state index in [9.17, 15) is 4.39 Å². The Morgan fingerprint density at radius 3 is 2.77 bits per heavy atom. The Labute approximate surface area is 76.5 Å². The number of rotatable bonds is 1. The van der Waals surface area contributed by atoms with Gasteiger partial charge in [0.25, 0.3) is 13.1 Å². The molecule has 0 aliphatic carbocycles. The molecule has 0 aliphatic rings. The number of benzene rings is 1. The Bertz CT molecular complexity index is 365. The van der Waals surface area contributed by atoms with Gasteiger partial charge in [0.1, 0.15) is 5.92 Å². The second kappa shape index (κ2) is 3.90. The average molecular weight is 180 g/mol. The number of phenolic OH excluding ortho intramolecular Hbond substituents is 1. The zero-order valence-corrected chi connectivity index (χ0v) is 7.58. The first-order valence-electron chi connectivity index (χ1n) is 3.98. The molecule has 3 heteroatoms. The van der Waals surface area contributed by atoms with Crippen LogP contribution in [0.5, 0.6) is 5.75 Å². The minimum atomic E-state index is -0.609. The minimum Gasteiger partial charge on any atom is -0.505 e. The summed E-state index contributed by atoms with van der Waals surface area (Å²) in [5.41, 5.74) is 0.751. The number of halogens is 1. The van der Waals surface area contributed by atoms with Crippen molar-refractivity contribution in [3.8, 4) is 11.8 Å². The molecule has 0 saturated heterocycles. The zero-order chi connectivity index (χ0) is 9.84. The maximum absolute atomic E-state index is 12.9. The Balaban J connectivity index is 3.01. The highest BCUT2D eigenvalue weighted by Crippen LogP contribution is 2.21. The lowest BCUT2D eigenvalue weighted by Gasteiger charge is -2.00. The summed E-state index contributed by atoms with van der Waals surface area (Å²) in [4.78, 5) is 3.73. The Hall–Kier alpha value is -1.56. The number of aromatic hydroxyl groups is 1. The third-order valence-electron chi connectivity index (χ3n) is 1.79. The maximum atomic E-state index is 12.9. The van der Waals surface area contributed by atoms with Gasteiger partial charge >= 0.3 is 0 Å². The van der Waals surface area contributed by atoms with Crippen molar-refractivity contribution in [1.82, 2.24) is 0 Å². The van der Waals surface area contributed by atoms with Gasteiger partial charge in [-0.15, -0.1) is 0 Å². The smallest absolute Gasteiger partial charge is 0.280 e. The lowest BCUT2D eigenvalue weighted by Crippen LogP contribution is -1.90. The molecule has 1 aromatic carbocycles. The third kappa shape index (κ3) is 2.19. The summed E-state index contributed by atoms with van der Waals surface area (Å²) in [5.74, 6) is -0.994. The van der Waals surface area contributed by atoms with Gasteiger partial charge in [0.15, 0.2) is 11.6 Å². The summed E-state index contributed by atoms with van der Waals surface area (Å²) < 4.78 is 12.9. The molecule has 1 N–H and O–H groups in total. The Kier molecular flexibility index (Phi) is 2.86. The van der Waals surface area contributed by atoms with Gasteiger partial charge in [0.05, 0.1) is 0 Å². The number of hydrogen-bond acceptors (Lipinski definition) is 1. The van der Waals surface area contributed by atoms with Gasteiger partial charge in [-0.05, 0) is 24.6 Å². The van der Waals surface area contributed by atoms with E-state index in [1.54, 1.807) is 13.1 Å². The van der Waals surface area contributed by atoms with E-state index in [4.69, 9.17) is 5.11 Å². The van der Waals surface area contributed by atoms with E-state index < -0.39 is 5.82 Å². The van der Waals surface area contributed by atoms with Crippen LogP contribution in [0.3, 0.4) is 0 Å². The van der Waals surface area contributed by atoms with Gasteiger partial charge in [-0.25, -0.2) is 4.39 Å². The predicted molar refractivity (Wildman–Crippen MR) is 49.7 cm³/mol. The van der Waals surface area contributed by atoms with Crippen LogP contribution in [0.15, 0.2) is 18.2 Å². The first-order chi connectivity index (χ1) is 6.15. The van der Waals surface area contributed by atoms with Crippen molar-refractivity contribution < 1.29 is 9.50 Å². The molecule has 2 nitrogen and oxygen atoms in total. The van der Waals surface area contributed by atoms with Crippen molar-refractivity contribution in [2.75, 3.05) is 7.05 Å². The van der Waals surface area contributed by atoms with Crippen molar-refractivity contribution in [2.45, 2.75) is 12.8 Å². The summed E-state index contributed by atoms with van der Waals surface area (Å²) in [6.45, 7) is 1.86. The van der Waals surface area contributed by atoms with Crippen LogP contribution in [0.2, 0.25) is 0 Å². The second-order valence-corrected chi connectivity index (χ2v) is 2.79. The van der Waals surface area contributed by atoms with Crippen molar-refractivity contribution in [2.24, 2.45) is 0 Å². The molecule has 13 heavy (non-hydrogen) atoms. The van der Waals surface area contributed by atoms with Crippen LogP contribution in [0.4, 0.5) is 4.39 Å². The molecule has 1 unspecified atom stereocenters. The van der Waals surface area contributed by atoms with E-state index in [0.29, 0.717) is 0 Å². The van der Waals surface area contributed by atoms with Crippen LogP contribution in [-0.2, 0) is 0 Å². The fraction of sp³-hybridized carbons (Fsp3) is 0.300. The summed E-state index contributed by atoms with van der Waals surface area (Å²) in [6, 6.07) is 7.06. The van der Waals surface area contributed by atoms with Gasteiger partial charge in [0, 0.05) is 0 Å².